The van der Waals surface area contributed by atoms with Gasteiger partial charge in [0.15, 0.2) is 0 Å². The lowest BCUT2D eigenvalue weighted by molar-refractivity contribution is 0.203. The minimum absolute atomic E-state index is 0.781. The zero-order valence-corrected chi connectivity index (χ0v) is 8.96. The second-order valence-corrected chi connectivity index (χ2v) is 3.59. The van der Waals surface area contributed by atoms with Crippen molar-refractivity contribution in [2.75, 3.05) is 11.9 Å². The number of benzene rings is 1. The van der Waals surface area contributed by atoms with Gasteiger partial charge in [-0.3, -0.25) is 4.90 Å². The lowest BCUT2D eigenvalue weighted by Crippen LogP contribution is -2.25. The summed E-state index contributed by atoms with van der Waals surface area (Å²) in [6, 6.07) is 3.98. The maximum absolute atomic E-state index is 10.8. The van der Waals surface area contributed by atoms with Crippen LogP contribution < -0.4 is 4.90 Å². The van der Waals surface area contributed by atoms with Gasteiger partial charge in [-0.25, -0.2) is 4.79 Å². The predicted octanol–water partition coefficient (Wildman–Crippen LogP) is 2.73. The first-order chi connectivity index (χ1) is 6.43. The lowest BCUT2D eigenvalue weighted by atomic mass is 10.0. The fourth-order valence-corrected chi connectivity index (χ4v) is 1.80. The Morgan fingerprint density at radius 2 is 1.64 bits per heavy atom. The van der Waals surface area contributed by atoms with Crippen LogP contribution in [0.15, 0.2) is 12.1 Å². The molecule has 0 fully saturated rings. The normalized spacial score (nSPS) is 10.0. The molecule has 14 heavy (non-hydrogen) atoms. The van der Waals surface area contributed by atoms with Crippen LogP contribution in [-0.2, 0) is 0 Å². The van der Waals surface area contributed by atoms with Crippen LogP contribution in [0.1, 0.15) is 16.7 Å². The Morgan fingerprint density at radius 1 is 1.21 bits per heavy atom. The number of carbonyl (C=O) groups is 1. The molecule has 0 atom stereocenters. The topological polar surface area (TPSA) is 40.5 Å². The molecular formula is C11H15NO2. The summed E-state index contributed by atoms with van der Waals surface area (Å²) in [5.74, 6) is 0. The Morgan fingerprint density at radius 3 is 2.00 bits per heavy atom. The molecule has 0 aliphatic rings. The zero-order valence-electron chi connectivity index (χ0n) is 8.96. The van der Waals surface area contributed by atoms with Gasteiger partial charge in [-0.1, -0.05) is 17.7 Å². The van der Waals surface area contributed by atoms with Gasteiger partial charge < -0.3 is 5.11 Å². The van der Waals surface area contributed by atoms with Crippen LogP contribution in [0.25, 0.3) is 0 Å². The molecule has 1 aromatic rings. The van der Waals surface area contributed by atoms with Crippen LogP contribution in [0.5, 0.6) is 0 Å². The van der Waals surface area contributed by atoms with Crippen molar-refractivity contribution in [1.82, 2.24) is 0 Å². The van der Waals surface area contributed by atoms with E-state index in [-0.39, 0.29) is 0 Å². The van der Waals surface area contributed by atoms with Crippen LogP contribution in [-0.4, -0.2) is 18.2 Å². The molecule has 0 radical (unpaired) electrons. The number of nitrogens with zero attached hydrogens (tertiary/aromatic N) is 1. The maximum atomic E-state index is 10.8. The Balaban J connectivity index is 3.27. The highest BCUT2D eigenvalue weighted by molar-refractivity contribution is 5.87. The Hall–Kier alpha value is -1.51. The molecular weight excluding hydrogens is 178 g/mol. The van der Waals surface area contributed by atoms with Crippen LogP contribution in [0.2, 0.25) is 0 Å². The molecule has 0 aromatic heterocycles. The van der Waals surface area contributed by atoms with Crippen molar-refractivity contribution in [2.45, 2.75) is 20.8 Å². The van der Waals surface area contributed by atoms with E-state index in [1.165, 1.54) is 4.90 Å². The number of amides is 1. The van der Waals surface area contributed by atoms with E-state index < -0.39 is 6.09 Å². The van der Waals surface area contributed by atoms with E-state index in [2.05, 4.69) is 0 Å². The van der Waals surface area contributed by atoms with Gasteiger partial charge in [-0.05, 0) is 31.9 Å². The zero-order chi connectivity index (χ0) is 10.9. The highest BCUT2D eigenvalue weighted by Crippen LogP contribution is 2.25. The summed E-state index contributed by atoms with van der Waals surface area (Å²) in [5.41, 5.74) is 3.92. The summed E-state index contributed by atoms with van der Waals surface area (Å²) in [4.78, 5) is 12.1. The van der Waals surface area contributed by atoms with Gasteiger partial charge in [0.25, 0.3) is 0 Å². The quantitative estimate of drug-likeness (QED) is 0.745. The second-order valence-electron chi connectivity index (χ2n) is 3.59. The largest absolute Gasteiger partial charge is 0.465 e. The standard InChI is InChI=1S/C11H15NO2/c1-7-5-8(2)10(9(3)6-7)12(4)11(13)14/h5-6H,1-4H3,(H,13,14). The minimum atomic E-state index is -0.931. The van der Waals surface area contributed by atoms with Crippen molar-refractivity contribution in [2.24, 2.45) is 0 Å². The van der Waals surface area contributed by atoms with Gasteiger partial charge in [0.1, 0.15) is 0 Å². The molecule has 76 valence electrons. The third-order valence-electron chi connectivity index (χ3n) is 2.26. The first kappa shape index (κ1) is 10.6. The number of carboxylic acid groups (broad SMARTS) is 1. The van der Waals surface area contributed by atoms with Crippen molar-refractivity contribution in [3.05, 3.63) is 28.8 Å². The number of hydrogen-bond donors (Lipinski definition) is 1. The molecule has 3 heteroatoms. The average Bonchev–Trinajstić information content (AvgIpc) is 2.01. The Kier molecular flexibility index (Phi) is 2.79. The first-order valence-electron chi connectivity index (χ1n) is 4.48. The maximum Gasteiger partial charge on any atom is 0.411 e. The lowest BCUT2D eigenvalue weighted by Gasteiger charge is -2.19. The molecule has 1 rings (SSSR count). The third-order valence-corrected chi connectivity index (χ3v) is 2.26. The smallest absolute Gasteiger partial charge is 0.411 e. The molecule has 0 spiro atoms. The SMILES string of the molecule is Cc1cc(C)c(N(C)C(=O)O)c(C)c1. The molecule has 1 amide bonds. The van der Waals surface area contributed by atoms with E-state index in [9.17, 15) is 4.79 Å². The van der Waals surface area contributed by atoms with Crippen LogP contribution >= 0.6 is 0 Å². The fourth-order valence-electron chi connectivity index (χ4n) is 1.80. The monoisotopic (exact) mass is 193 g/mol. The molecule has 0 bridgehead atoms. The highest BCUT2D eigenvalue weighted by atomic mass is 16.4. The predicted molar refractivity (Wildman–Crippen MR) is 57.1 cm³/mol. The summed E-state index contributed by atoms with van der Waals surface area (Å²) in [6.45, 7) is 5.86. The van der Waals surface area contributed by atoms with Crippen molar-refractivity contribution in [1.29, 1.82) is 0 Å². The summed E-state index contributed by atoms with van der Waals surface area (Å²) in [7, 11) is 1.56. The average molecular weight is 193 g/mol. The van der Waals surface area contributed by atoms with Gasteiger partial charge >= 0.3 is 6.09 Å². The van der Waals surface area contributed by atoms with Gasteiger partial charge in [0, 0.05) is 7.05 Å². The van der Waals surface area contributed by atoms with Crippen LogP contribution in [0.3, 0.4) is 0 Å². The highest BCUT2D eigenvalue weighted by Gasteiger charge is 2.13. The van der Waals surface area contributed by atoms with E-state index in [4.69, 9.17) is 5.11 Å². The number of rotatable bonds is 1. The molecule has 1 aromatic carbocycles. The molecule has 0 aliphatic carbocycles. The molecule has 0 aliphatic heterocycles. The number of anilines is 1. The van der Waals surface area contributed by atoms with Crippen molar-refractivity contribution >= 4 is 11.8 Å². The molecule has 0 saturated heterocycles. The third kappa shape index (κ3) is 1.87. The Bertz CT molecular complexity index is 349. The van der Waals surface area contributed by atoms with E-state index in [1.54, 1.807) is 7.05 Å². The van der Waals surface area contributed by atoms with Crippen molar-refractivity contribution in [3.8, 4) is 0 Å². The van der Waals surface area contributed by atoms with Crippen LogP contribution in [0, 0.1) is 20.8 Å². The van der Waals surface area contributed by atoms with Gasteiger partial charge in [0.05, 0.1) is 5.69 Å². The van der Waals surface area contributed by atoms with E-state index in [0.717, 1.165) is 22.4 Å². The number of hydrogen-bond acceptors (Lipinski definition) is 1. The Labute approximate surface area is 84.0 Å². The fraction of sp³-hybridized carbons (Fsp3) is 0.364. The summed E-state index contributed by atoms with van der Waals surface area (Å²) in [6.07, 6.45) is -0.931. The van der Waals surface area contributed by atoms with Gasteiger partial charge in [0.2, 0.25) is 0 Å². The number of aryl methyl sites for hydroxylation is 3. The molecule has 0 unspecified atom stereocenters. The summed E-state index contributed by atoms with van der Waals surface area (Å²) < 4.78 is 0. The van der Waals surface area contributed by atoms with Crippen molar-refractivity contribution in [3.63, 3.8) is 0 Å². The summed E-state index contributed by atoms with van der Waals surface area (Å²) in [5, 5.41) is 8.88. The molecule has 0 saturated carbocycles. The summed E-state index contributed by atoms with van der Waals surface area (Å²) >= 11 is 0. The van der Waals surface area contributed by atoms with E-state index in [0.29, 0.717) is 0 Å². The van der Waals surface area contributed by atoms with Gasteiger partial charge in [-0.15, -0.1) is 0 Å². The van der Waals surface area contributed by atoms with Gasteiger partial charge in [-0.2, -0.15) is 0 Å². The van der Waals surface area contributed by atoms with E-state index in [1.807, 2.05) is 32.9 Å². The van der Waals surface area contributed by atoms with E-state index >= 15 is 0 Å². The first-order valence-corrected chi connectivity index (χ1v) is 4.48. The minimum Gasteiger partial charge on any atom is -0.465 e. The molecule has 3 nitrogen and oxygen atoms in total. The second kappa shape index (κ2) is 3.70. The van der Waals surface area contributed by atoms with Crippen LogP contribution in [0.4, 0.5) is 10.5 Å². The molecule has 1 N–H and O–H groups in total. The molecule has 0 heterocycles. The van der Waals surface area contributed by atoms with Crippen molar-refractivity contribution < 1.29 is 9.90 Å².